The molecule has 1 aromatic carbocycles. The molecule has 0 aliphatic rings. The monoisotopic (exact) mass is 358 g/mol. The molecule has 2 aromatic rings. The van der Waals surface area contributed by atoms with Crippen LogP contribution in [0.3, 0.4) is 0 Å². The molecule has 0 aliphatic heterocycles. The number of hydrogen-bond donors (Lipinski definition) is 1. The number of allylic oxidation sites excluding steroid dienone is 1. The van der Waals surface area contributed by atoms with Crippen molar-refractivity contribution in [3.05, 3.63) is 63.7 Å². The third-order valence-electron chi connectivity index (χ3n) is 3.17. The number of nitrogens with one attached hydrogen (secondary N) is 1. The average molecular weight is 358 g/mol. The molecule has 0 saturated carbocycles. The van der Waals surface area contributed by atoms with Crippen molar-refractivity contribution < 1.29 is 23.9 Å². The van der Waals surface area contributed by atoms with Crippen LogP contribution >= 0.6 is 12.2 Å². The largest absolute Gasteiger partial charge is 0.464 e. The second-order valence-corrected chi connectivity index (χ2v) is 5.12. The highest BCUT2D eigenvalue weighted by atomic mass is 32.1. The van der Waals surface area contributed by atoms with Gasteiger partial charge in [0.25, 0.3) is 0 Å². The highest BCUT2D eigenvalue weighted by Crippen LogP contribution is 2.16. The Kier molecular flexibility index (Phi) is 5.91. The van der Waals surface area contributed by atoms with E-state index in [0.29, 0.717) is 0 Å². The number of aromatic amines is 1. The van der Waals surface area contributed by atoms with Crippen molar-refractivity contribution in [3.8, 4) is 0 Å². The molecular weight excluding hydrogens is 344 g/mol. The van der Waals surface area contributed by atoms with Crippen LogP contribution in [0.15, 0.2) is 36.4 Å². The summed E-state index contributed by atoms with van der Waals surface area (Å²) in [5.74, 6) is -2.36. The number of aromatic nitrogens is 2. The van der Waals surface area contributed by atoms with E-state index in [-0.39, 0.29) is 21.7 Å². The zero-order valence-corrected chi connectivity index (χ0v) is 14.3. The number of ether oxygens (including phenoxy) is 2. The van der Waals surface area contributed by atoms with Crippen molar-refractivity contribution in [1.29, 1.82) is 0 Å². The lowest BCUT2D eigenvalue weighted by molar-refractivity contribution is 0.0583. The lowest BCUT2D eigenvalue weighted by Gasteiger charge is -2.09. The van der Waals surface area contributed by atoms with Gasteiger partial charge >= 0.3 is 11.9 Å². The number of H-pyrrole nitrogens is 1. The minimum Gasteiger partial charge on any atom is -0.464 e. The maximum atomic E-state index is 12.6. The first kappa shape index (κ1) is 18.2. The molecular formula is C17H14N2O5S. The normalized spacial score (nSPS) is 10.5. The summed E-state index contributed by atoms with van der Waals surface area (Å²) in [6.45, 7) is 0. The van der Waals surface area contributed by atoms with E-state index in [4.69, 9.17) is 12.2 Å². The standard InChI is InChI=1S/C17H14N2O5S/c1-23-15(21)13-12(14(16(22)24-2)19-17(25)18-13)11(20)9-8-10-6-4-3-5-7-10/h3-9H,1-2H3,(H,18,19,25)/b9-8-. The van der Waals surface area contributed by atoms with Gasteiger partial charge in [-0.3, -0.25) is 4.79 Å². The van der Waals surface area contributed by atoms with Crippen molar-refractivity contribution in [2.45, 2.75) is 0 Å². The van der Waals surface area contributed by atoms with E-state index in [9.17, 15) is 14.4 Å². The first-order chi connectivity index (χ1) is 12.0. The predicted molar refractivity (Wildman–Crippen MR) is 91.9 cm³/mol. The fourth-order valence-corrected chi connectivity index (χ4v) is 2.23. The second kappa shape index (κ2) is 8.11. The van der Waals surface area contributed by atoms with Crippen LogP contribution in [-0.2, 0) is 9.47 Å². The smallest absolute Gasteiger partial charge is 0.357 e. The van der Waals surface area contributed by atoms with Gasteiger partial charge in [-0.15, -0.1) is 0 Å². The van der Waals surface area contributed by atoms with Gasteiger partial charge in [0.2, 0.25) is 0 Å². The van der Waals surface area contributed by atoms with Gasteiger partial charge in [-0.05, 0) is 23.9 Å². The molecule has 0 aliphatic carbocycles. The lowest BCUT2D eigenvalue weighted by Crippen LogP contribution is -2.20. The van der Waals surface area contributed by atoms with Gasteiger partial charge in [-0.25, -0.2) is 14.6 Å². The molecule has 2 rings (SSSR count). The van der Waals surface area contributed by atoms with Crippen LogP contribution in [0.4, 0.5) is 0 Å². The number of carbonyl (C=O) groups excluding carboxylic acids is 3. The quantitative estimate of drug-likeness (QED) is 0.380. The van der Waals surface area contributed by atoms with Gasteiger partial charge in [0.15, 0.2) is 16.2 Å². The first-order valence-corrected chi connectivity index (χ1v) is 7.47. The molecule has 0 radical (unpaired) electrons. The van der Waals surface area contributed by atoms with Gasteiger partial charge in [0.1, 0.15) is 5.69 Å². The summed E-state index contributed by atoms with van der Waals surface area (Å²) in [4.78, 5) is 42.9. The summed E-state index contributed by atoms with van der Waals surface area (Å²) in [5, 5.41) is 0. The number of carbonyl (C=O) groups is 3. The number of nitrogens with zero attached hydrogens (tertiary/aromatic N) is 1. The minimum absolute atomic E-state index is 0.149. The Balaban J connectivity index is 2.58. The molecule has 0 spiro atoms. The third-order valence-corrected chi connectivity index (χ3v) is 3.37. The van der Waals surface area contributed by atoms with Crippen LogP contribution in [0.5, 0.6) is 0 Å². The number of methoxy groups -OCH3 is 2. The fraction of sp³-hybridized carbons (Fsp3) is 0.118. The molecule has 1 N–H and O–H groups in total. The maximum absolute atomic E-state index is 12.6. The van der Waals surface area contributed by atoms with Crippen molar-refractivity contribution in [3.63, 3.8) is 0 Å². The Morgan fingerprint density at radius 3 is 2.32 bits per heavy atom. The van der Waals surface area contributed by atoms with Crippen LogP contribution in [0, 0.1) is 4.77 Å². The summed E-state index contributed by atoms with van der Waals surface area (Å²) in [7, 11) is 2.28. The van der Waals surface area contributed by atoms with Gasteiger partial charge in [-0.2, -0.15) is 0 Å². The predicted octanol–water partition coefficient (Wildman–Crippen LogP) is 2.61. The first-order valence-electron chi connectivity index (χ1n) is 7.06. The van der Waals surface area contributed by atoms with Crippen molar-refractivity contribution in [2.75, 3.05) is 14.2 Å². The number of hydrogen-bond acceptors (Lipinski definition) is 7. The van der Waals surface area contributed by atoms with Gasteiger partial charge in [0, 0.05) is 0 Å². The van der Waals surface area contributed by atoms with E-state index < -0.39 is 17.7 Å². The minimum atomic E-state index is -0.887. The summed E-state index contributed by atoms with van der Waals surface area (Å²) in [6.07, 6.45) is 2.77. The summed E-state index contributed by atoms with van der Waals surface area (Å²) in [5.41, 5.74) is -0.105. The molecule has 0 atom stereocenters. The molecule has 0 saturated heterocycles. The van der Waals surface area contributed by atoms with Crippen LogP contribution in [0.1, 0.15) is 36.9 Å². The molecule has 0 amide bonds. The second-order valence-electron chi connectivity index (χ2n) is 4.73. The SMILES string of the molecule is COC(=O)c1nc(=S)[nH]c(C(=O)OC)c1C(=O)/C=C\c1ccccc1. The Hall–Kier alpha value is -3.13. The number of rotatable bonds is 5. The summed E-state index contributed by atoms with van der Waals surface area (Å²) in [6, 6.07) is 9.05. The molecule has 128 valence electrons. The zero-order valence-electron chi connectivity index (χ0n) is 13.4. The zero-order chi connectivity index (χ0) is 18.4. The Morgan fingerprint density at radius 1 is 1.08 bits per heavy atom. The Bertz CT molecular complexity index is 863. The molecule has 25 heavy (non-hydrogen) atoms. The topological polar surface area (TPSA) is 98.3 Å². The summed E-state index contributed by atoms with van der Waals surface area (Å²) < 4.78 is 9.12. The van der Waals surface area contributed by atoms with Crippen molar-refractivity contribution in [2.24, 2.45) is 0 Å². The van der Waals surface area contributed by atoms with E-state index in [0.717, 1.165) is 19.8 Å². The van der Waals surface area contributed by atoms with E-state index in [2.05, 4.69) is 19.4 Å². The molecule has 0 bridgehead atoms. The van der Waals surface area contributed by atoms with Gasteiger partial charge in [0.05, 0.1) is 19.8 Å². The molecule has 1 aromatic heterocycles. The lowest BCUT2D eigenvalue weighted by atomic mass is 10.0. The average Bonchev–Trinajstić information content (AvgIpc) is 2.64. The van der Waals surface area contributed by atoms with E-state index in [1.807, 2.05) is 18.2 Å². The highest BCUT2D eigenvalue weighted by molar-refractivity contribution is 7.71. The number of esters is 2. The Morgan fingerprint density at radius 2 is 1.72 bits per heavy atom. The van der Waals surface area contributed by atoms with Crippen LogP contribution in [0.2, 0.25) is 0 Å². The number of benzene rings is 1. The van der Waals surface area contributed by atoms with Gasteiger partial charge in [-0.1, -0.05) is 36.4 Å². The van der Waals surface area contributed by atoms with Crippen molar-refractivity contribution >= 4 is 36.0 Å². The molecule has 0 fully saturated rings. The summed E-state index contributed by atoms with van der Waals surface area (Å²) >= 11 is 4.90. The molecule has 8 heteroatoms. The van der Waals surface area contributed by atoms with Crippen molar-refractivity contribution in [1.82, 2.24) is 9.97 Å². The van der Waals surface area contributed by atoms with E-state index in [1.165, 1.54) is 6.08 Å². The van der Waals surface area contributed by atoms with E-state index >= 15 is 0 Å². The molecule has 7 nitrogen and oxygen atoms in total. The third kappa shape index (κ3) is 4.24. The molecule has 1 heterocycles. The van der Waals surface area contributed by atoms with Crippen LogP contribution in [-0.4, -0.2) is 41.9 Å². The van der Waals surface area contributed by atoms with Crippen LogP contribution < -0.4 is 0 Å². The van der Waals surface area contributed by atoms with Gasteiger partial charge < -0.3 is 14.5 Å². The fourth-order valence-electron chi connectivity index (χ4n) is 2.03. The molecule has 0 unspecified atom stereocenters. The highest BCUT2D eigenvalue weighted by Gasteiger charge is 2.26. The van der Waals surface area contributed by atoms with E-state index in [1.54, 1.807) is 18.2 Å². The number of ketones is 1. The van der Waals surface area contributed by atoms with Crippen LogP contribution in [0.25, 0.3) is 6.08 Å². The maximum Gasteiger partial charge on any atom is 0.357 e. The Labute approximate surface area is 148 Å².